The van der Waals surface area contributed by atoms with E-state index < -0.39 is 0 Å². The van der Waals surface area contributed by atoms with Gasteiger partial charge in [0, 0.05) is 18.4 Å². The van der Waals surface area contributed by atoms with Gasteiger partial charge in [0.05, 0.1) is 14.2 Å². The molecule has 0 aliphatic carbocycles. The van der Waals surface area contributed by atoms with Gasteiger partial charge in [0.15, 0.2) is 17.3 Å². The molecular weight excluding hydrogens is 270 g/mol. The van der Waals surface area contributed by atoms with Gasteiger partial charge in [-0.1, -0.05) is 11.2 Å². The van der Waals surface area contributed by atoms with Gasteiger partial charge in [-0.25, -0.2) is 0 Å². The third-order valence-corrected chi connectivity index (χ3v) is 2.93. The van der Waals surface area contributed by atoms with Crippen molar-refractivity contribution in [3.8, 4) is 11.5 Å². The fourth-order valence-corrected chi connectivity index (χ4v) is 2.00. The third-order valence-electron chi connectivity index (χ3n) is 2.93. The standard InChI is InChI=1S/C15H21N3O3/c1-15(2,16)9-14-17-13(18-21-14)8-10-5-6-11(19-3)12(7-10)20-4/h5-7H,8-9,16H2,1-4H3. The Morgan fingerprint density at radius 3 is 2.52 bits per heavy atom. The van der Waals surface area contributed by atoms with Crippen LogP contribution in [0.5, 0.6) is 11.5 Å². The highest BCUT2D eigenvalue weighted by molar-refractivity contribution is 5.43. The number of ether oxygens (including phenoxy) is 2. The minimum absolute atomic E-state index is 0.368. The largest absolute Gasteiger partial charge is 0.493 e. The molecule has 1 aromatic carbocycles. The monoisotopic (exact) mass is 291 g/mol. The topological polar surface area (TPSA) is 83.4 Å². The molecule has 1 aromatic heterocycles. The summed E-state index contributed by atoms with van der Waals surface area (Å²) < 4.78 is 15.7. The summed E-state index contributed by atoms with van der Waals surface area (Å²) in [5, 5.41) is 3.98. The molecule has 0 fully saturated rings. The number of hydrogen-bond donors (Lipinski definition) is 1. The number of aromatic nitrogens is 2. The molecule has 2 rings (SSSR count). The number of methoxy groups -OCH3 is 2. The molecule has 6 nitrogen and oxygen atoms in total. The Labute approximate surface area is 124 Å². The first-order chi connectivity index (χ1) is 9.91. The summed E-state index contributed by atoms with van der Waals surface area (Å²) in [4.78, 5) is 4.36. The van der Waals surface area contributed by atoms with E-state index in [9.17, 15) is 0 Å². The van der Waals surface area contributed by atoms with Crippen LogP contribution in [0, 0.1) is 0 Å². The molecule has 0 atom stereocenters. The molecule has 0 aliphatic heterocycles. The number of rotatable bonds is 6. The van der Waals surface area contributed by atoms with Crippen molar-refractivity contribution >= 4 is 0 Å². The van der Waals surface area contributed by atoms with Gasteiger partial charge in [0.25, 0.3) is 0 Å². The predicted molar refractivity (Wildman–Crippen MR) is 78.6 cm³/mol. The van der Waals surface area contributed by atoms with Gasteiger partial charge >= 0.3 is 0 Å². The van der Waals surface area contributed by atoms with E-state index in [0.717, 1.165) is 5.56 Å². The maximum Gasteiger partial charge on any atom is 0.228 e. The van der Waals surface area contributed by atoms with Crippen molar-refractivity contribution in [2.75, 3.05) is 14.2 Å². The molecule has 0 radical (unpaired) electrons. The van der Waals surface area contributed by atoms with Gasteiger partial charge in [0.2, 0.25) is 5.89 Å². The zero-order valence-electron chi connectivity index (χ0n) is 12.8. The average molecular weight is 291 g/mol. The Balaban J connectivity index is 2.11. The first-order valence-corrected chi connectivity index (χ1v) is 6.72. The van der Waals surface area contributed by atoms with Crippen molar-refractivity contribution in [1.29, 1.82) is 0 Å². The summed E-state index contributed by atoms with van der Waals surface area (Å²) in [6, 6.07) is 5.71. The Morgan fingerprint density at radius 2 is 1.90 bits per heavy atom. The second-order valence-corrected chi connectivity index (χ2v) is 5.64. The van der Waals surface area contributed by atoms with Crippen LogP contribution in [0.1, 0.15) is 31.1 Å². The fourth-order valence-electron chi connectivity index (χ4n) is 2.00. The van der Waals surface area contributed by atoms with Crippen molar-refractivity contribution in [2.45, 2.75) is 32.2 Å². The Bertz CT molecular complexity index is 602. The van der Waals surface area contributed by atoms with Crippen LogP contribution in [-0.4, -0.2) is 29.9 Å². The molecule has 0 spiro atoms. The second-order valence-electron chi connectivity index (χ2n) is 5.64. The Morgan fingerprint density at radius 1 is 1.19 bits per heavy atom. The van der Waals surface area contributed by atoms with Crippen LogP contribution in [0.15, 0.2) is 22.7 Å². The van der Waals surface area contributed by atoms with Gasteiger partial charge in [-0.05, 0) is 31.5 Å². The van der Waals surface area contributed by atoms with Crippen molar-refractivity contribution in [3.63, 3.8) is 0 Å². The van der Waals surface area contributed by atoms with Gasteiger partial charge < -0.3 is 19.7 Å². The van der Waals surface area contributed by atoms with Crippen LogP contribution in [0.3, 0.4) is 0 Å². The lowest BCUT2D eigenvalue weighted by molar-refractivity contribution is 0.345. The highest BCUT2D eigenvalue weighted by Crippen LogP contribution is 2.28. The number of benzene rings is 1. The number of nitrogens with zero attached hydrogens (tertiary/aromatic N) is 2. The lowest BCUT2D eigenvalue weighted by Crippen LogP contribution is -2.34. The van der Waals surface area contributed by atoms with E-state index in [1.165, 1.54) is 0 Å². The summed E-state index contributed by atoms with van der Waals surface area (Å²) in [6.07, 6.45) is 1.11. The van der Waals surface area contributed by atoms with Gasteiger partial charge in [-0.3, -0.25) is 0 Å². The normalized spacial score (nSPS) is 11.5. The van der Waals surface area contributed by atoms with Crippen LogP contribution in [0.2, 0.25) is 0 Å². The highest BCUT2D eigenvalue weighted by atomic mass is 16.5. The summed E-state index contributed by atoms with van der Waals surface area (Å²) in [7, 11) is 3.22. The van der Waals surface area contributed by atoms with E-state index in [4.69, 9.17) is 19.7 Å². The zero-order chi connectivity index (χ0) is 15.5. The maximum absolute atomic E-state index is 5.94. The van der Waals surface area contributed by atoms with E-state index in [1.54, 1.807) is 14.2 Å². The predicted octanol–water partition coefficient (Wildman–Crippen LogP) is 1.96. The van der Waals surface area contributed by atoms with Crippen molar-refractivity contribution < 1.29 is 14.0 Å². The summed E-state index contributed by atoms with van der Waals surface area (Å²) in [5.74, 6) is 2.56. The molecule has 1 heterocycles. The first kappa shape index (κ1) is 15.3. The van der Waals surface area contributed by atoms with Crippen LogP contribution in [-0.2, 0) is 12.8 Å². The van der Waals surface area contributed by atoms with Crippen LogP contribution < -0.4 is 15.2 Å². The Hall–Kier alpha value is -2.08. The lowest BCUT2D eigenvalue weighted by atomic mass is 10.0. The average Bonchev–Trinajstić information content (AvgIpc) is 2.83. The van der Waals surface area contributed by atoms with E-state index in [2.05, 4.69) is 10.1 Å². The highest BCUT2D eigenvalue weighted by Gasteiger charge is 2.17. The van der Waals surface area contributed by atoms with Gasteiger partial charge in [-0.2, -0.15) is 4.98 Å². The number of hydrogen-bond acceptors (Lipinski definition) is 6. The maximum atomic E-state index is 5.94. The smallest absolute Gasteiger partial charge is 0.228 e. The van der Waals surface area contributed by atoms with Crippen molar-refractivity contribution in [1.82, 2.24) is 10.1 Å². The zero-order valence-corrected chi connectivity index (χ0v) is 12.8. The summed E-state index contributed by atoms with van der Waals surface area (Å²) >= 11 is 0. The fraction of sp³-hybridized carbons (Fsp3) is 0.467. The van der Waals surface area contributed by atoms with E-state index in [0.29, 0.717) is 36.1 Å². The molecule has 2 aromatic rings. The molecule has 0 amide bonds. The van der Waals surface area contributed by atoms with Crippen molar-refractivity contribution in [2.24, 2.45) is 5.73 Å². The lowest BCUT2D eigenvalue weighted by Gasteiger charge is -2.14. The van der Waals surface area contributed by atoms with Crippen molar-refractivity contribution in [3.05, 3.63) is 35.5 Å². The molecule has 0 saturated carbocycles. The molecular formula is C15H21N3O3. The second kappa shape index (κ2) is 6.13. The Kier molecular flexibility index (Phi) is 4.47. The summed E-state index contributed by atoms with van der Waals surface area (Å²) in [6.45, 7) is 3.84. The molecule has 2 N–H and O–H groups in total. The van der Waals surface area contributed by atoms with E-state index >= 15 is 0 Å². The SMILES string of the molecule is COc1ccc(Cc2noc(CC(C)(C)N)n2)cc1OC. The molecule has 21 heavy (non-hydrogen) atoms. The number of nitrogens with two attached hydrogens (primary N) is 1. The van der Waals surface area contributed by atoms with Crippen LogP contribution >= 0.6 is 0 Å². The molecule has 6 heteroatoms. The van der Waals surface area contributed by atoms with E-state index in [1.807, 2.05) is 32.0 Å². The van der Waals surface area contributed by atoms with E-state index in [-0.39, 0.29) is 5.54 Å². The molecule has 0 aliphatic rings. The van der Waals surface area contributed by atoms with Crippen LogP contribution in [0.25, 0.3) is 0 Å². The van der Waals surface area contributed by atoms with Gasteiger partial charge in [0.1, 0.15) is 0 Å². The molecule has 0 saturated heterocycles. The molecule has 0 bridgehead atoms. The molecule has 0 unspecified atom stereocenters. The minimum Gasteiger partial charge on any atom is -0.493 e. The quantitative estimate of drug-likeness (QED) is 0.876. The first-order valence-electron chi connectivity index (χ1n) is 6.72. The minimum atomic E-state index is -0.368. The molecule has 114 valence electrons. The summed E-state index contributed by atoms with van der Waals surface area (Å²) in [5.41, 5.74) is 6.59. The van der Waals surface area contributed by atoms with Crippen LogP contribution in [0.4, 0.5) is 0 Å². The van der Waals surface area contributed by atoms with Gasteiger partial charge in [-0.15, -0.1) is 0 Å². The third kappa shape index (κ3) is 4.19.